The number of imidazole rings is 1. The van der Waals surface area contributed by atoms with E-state index in [2.05, 4.69) is 9.97 Å². The first-order valence-electron chi connectivity index (χ1n) is 3.24. The number of nitrogens with zero attached hydrogens (tertiary/aromatic N) is 1. The number of carbonyl (C=O) groups is 1. The van der Waals surface area contributed by atoms with Gasteiger partial charge in [-0.25, -0.2) is 0 Å². The Morgan fingerprint density at radius 2 is 2.33 bits per heavy atom. The predicted octanol–water partition coefficient (Wildman–Crippen LogP) is 0.272. The number of carboxylic acids is 1. The van der Waals surface area contributed by atoms with E-state index in [4.69, 9.17) is 10.2 Å². The highest BCUT2D eigenvalue weighted by Gasteiger charge is 2.09. The van der Waals surface area contributed by atoms with Crippen molar-refractivity contribution in [3.63, 3.8) is 0 Å². The van der Waals surface area contributed by atoms with Crippen LogP contribution in [-0.4, -0.2) is 26.2 Å². The van der Waals surface area contributed by atoms with Gasteiger partial charge in [-0.05, 0) is 0 Å². The summed E-state index contributed by atoms with van der Waals surface area (Å²) < 4.78 is 12.2. The number of halogens is 1. The number of aromatic nitrogens is 2. The van der Waals surface area contributed by atoms with Crippen LogP contribution in [-0.2, 0) is 11.2 Å². The van der Waals surface area contributed by atoms with Crippen LogP contribution >= 0.6 is 0 Å². The average molecular weight is 174 g/mol. The van der Waals surface area contributed by atoms with E-state index in [1.165, 1.54) is 0 Å². The van der Waals surface area contributed by atoms with Crippen molar-refractivity contribution >= 4 is 5.97 Å². The zero-order valence-electron chi connectivity index (χ0n) is 6.04. The van der Waals surface area contributed by atoms with E-state index in [0.717, 1.165) is 0 Å². The van der Waals surface area contributed by atoms with Crippen molar-refractivity contribution in [2.75, 3.05) is 0 Å². The lowest BCUT2D eigenvalue weighted by atomic mass is 10.2. The van der Waals surface area contributed by atoms with E-state index in [1.807, 2.05) is 0 Å². The predicted molar refractivity (Wildman–Crippen MR) is 36.2 cm³/mol. The van der Waals surface area contributed by atoms with Gasteiger partial charge in [-0.3, -0.25) is 4.79 Å². The van der Waals surface area contributed by atoms with Gasteiger partial charge < -0.3 is 15.2 Å². The Labute approximate surface area is 66.9 Å². The van der Waals surface area contributed by atoms with Crippen molar-refractivity contribution in [2.45, 2.75) is 12.8 Å². The molecule has 1 heterocycles. The van der Waals surface area contributed by atoms with Gasteiger partial charge in [0.1, 0.15) is 0 Å². The molecule has 0 bridgehead atoms. The molecule has 0 radical (unpaired) electrons. The second-order valence-corrected chi connectivity index (χ2v) is 2.22. The van der Waals surface area contributed by atoms with E-state index in [1.54, 1.807) is 0 Å². The Bertz CT molecular complexity index is 297. The molecule has 1 aromatic heterocycles. The molecule has 0 aliphatic carbocycles. The van der Waals surface area contributed by atoms with E-state index < -0.39 is 17.9 Å². The molecule has 1 aromatic rings. The van der Waals surface area contributed by atoms with E-state index in [-0.39, 0.29) is 18.5 Å². The largest absolute Gasteiger partial charge is 0.492 e. The minimum absolute atomic E-state index is 0.0398. The number of aromatic amines is 1. The van der Waals surface area contributed by atoms with Crippen LogP contribution in [0.3, 0.4) is 0 Å². The number of hydrogen-bond donors (Lipinski definition) is 3. The van der Waals surface area contributed by atoms with Crippen LogP contribution in [0.4, 0.5) is 4.39 Å². The van der Waals surface area contributed by atoms with Gasteiger partial charge in [0, 0.05) is 6.42 Å². The lowest BCUT2D eigenvalue weighted by Crippen LogP contribution is -1.97. The molecule has 0 fully saturated rings. The summed E-state index contributed by atoms with van der Waals surface area (Å²) in [5.74, 6) is -1.49. The van der Waals surface area contributed by atoms with Crippen LogP contribution in [0.15, 0.2) is 0 Å². The van der Waals surface area contributed by atoms with Crippen molar-refractivity contribution in [3.05, 3.63) is 11.8 Å². The SMILES string of the molecule is O=C(O)CCc1[nH]c(F)nc1O. The van der Waals surface area contributed by atoms with Gasteiger partial charge in [-0.2, -0.15) is 9.37 Å². The van der Waals surface area contributed by atoms with Crippen LogP contribution in [0.25, 0.3) is 0 Å². The topological polar surface area (TPSA) is 86.2 Å². The van der Waals surface area contributed by atoms with Crippen LogP contribution in [0.2, 0.25) is 0 Å². The van der Waals surface area contributed by atoms with Gasteiger partial charge in [-0.1, -0.05) is 0 Å². The number of rotatable bonds is 3. The highest BCUT2D eigenvalue weighted by Crippen LogP contribution is 2.13. The summed E-state index contributed by atoms with van der Waals surface area (Å²) in [5, 5.41) is 17.1. The summed E-state index contributed by atoms with van der Waals surface area (Å²) >= 11 is 0. The van der Waals surface area contributed by atoms with Gasteiger partial charge in [0.2, 0.25) is 5.88 Å². The third-order valence-corrected chi connectivity index (χ3v) is 1.32. The van der Waals surface area contributed by atoms with Crippen molar-refractivity contribution in [2.24, 2.45) is 0 Å². The molecule has 0 aromatic carbocycles. The lowest BCUT2D eigenvalue weighted by molar-refractivity contribution is -0.136. The maximum absolute atomic E-state index is 12.2. The maximum Gasteiger partial charge on any atom is 0.303 e. The third-order valence-electron chi connectivity index (χ3n) is 1.32. The molecule has 12 heavy (non-hydrogen) atoms. The first-order valence-corrected chi connectivity index (χ1v) is 3.24. The molecule has 1 rings (SSSR count). The molecule has 0 atom stereocenters. The van der Waals surface area contributed by atoms with Gasteiger partial charge in [0.25, 0.3) is 6.08 Å². The number of carboxylic acid groups (broad SMARTS) is 1. The number of H-pyrrole nitrogens is 1. The Balaban J connectivity index is 2.62. The summed E-state index contributed by atoms with van der Waals surface area (Å²) in [6.45, 7) is 0. The van der Waals surface area contributed by atoms with Gasteiger partial charge in [0.05, 0.1) is 12.1 Å². The number of hydrogen-bond acceptors (Lipinski definition) is 3. The second kappa shape index (κ2) is 3.21. The summed E-state index contributed by atoms with van der Waals surface area (Å²) in [7, 11) is 0. The first-order chi connectivity index (χ1) is 5.59. The maximum atomic E-state index is 12.2. The molecule has 0 aliphatic rings. The van der Waals surface area contributed by atoms with Crippen molar-refractivity contribution in [1.82, 2.24) is 9.97 Å². The van der Waals surface area contributed by atoms with E-state index >= 15 is 0 Å². The Morgan fingerprint density at radius 3 is 2.75 bits per heavy atom. The molecule has 6 heteroatoms. The van der Waals surface area contributed by atoms with E-state index in [0.29, 0.717) is 0 Å². The molecule has 3 N–H and O–H groups in total. The molecular weight excluding hydrogens is 167 g/mol. The molecule has 0 saturated heterocycles. The fourth-order valence-electron chi connectivity index (χ4n) is 0.775. The summed E-state index contributed by atoms with van der Waals surface area (Å²) in [4.78, 5) is 15.2. The van der Waals surface area contributed by atoms with Crippen molar-refractivity contribution in [3.8, 4) is 5.88 Å². The first kappa shape index (κ1) is 8.51. The minimum Gasteiger partial charge on any atom is -0.492 e. The lowest BCUT2D eigenvalue weighted by Gasteiger charge is -1.92. The van der Waals surface area contributed by atoms with Crippen LogP contribution < -0.4 is 0 Å². The molecule has 5 nitrogen and oxygen atoms in total. The Hall–Kier alpha value is -1.59. The van der Waals surface area contributed by atoms with Gasteiger partial charge >= 0.3 is 5.97 Å². The number of aryl methyl sites for hydroxylation is 1. The molecule has 0 spiro atoms. The summed E-state index contributed by atoms with van der Waals surface area (Å²) in [6, 6.07) is 0. The summed E-state index contributed by atoms with van der Waals surface area (Å²) in [5.41, 5.74) is 0.106. The highest BCUT2D eigenvalue weighted by molar-refractivity contribution is 5.67. The standard InChI is InChI=1S/C6H7FN2O3/c7-6-8-3(5(12)9-6)1-2-4(10)11/h12H,1-2H2,(H,8,9)(H,10,11). The zero-order chi connectivity index (χ0) is 9.14. The Morgan fingerprint density at radius 1 is 1.67 bits per heavy atom. The number of aromatic hydroxyl groups is 1. The van der Waals surface area contributed by atoms with Gasteiger partial charge in [0.15, 0.2) is 0 Å². The molecular formula is C6H7FN2O3. The van der Waals surface area contributed by atoms with Gasteiger partial charge in [-0.15, -0.1) is 0 Å². The third kappa shape index (κ3) is 1.94. The molecule has 66 valence electrons. The van der Waals surface area contributed by atoms with Crippen LogP contribution in [0.5, 0.6) is 5.88 Å². The molecule has 0 unspecified atom stereocenters. The van der Waals surface area contributed by atoms with Crippen LogP contribution in [0.1, 0.15) is 12.1 Å². The average Bonchev–Trinajstić information content (AvgIpc) is 2.26. The fraction of sp³-hybridized carbons (Fsp3) is 0.333. The monoisotopic (exact) mass is 174 g/mol. The Kier molecular flexibility index (Phi) is 2.27. The fourth-order valence-corrected chi connectivity index (χ4v) is 0.775. The zero-order valence-corrected chi connectivity index (χ0v) is 6.04. The minimum atomic E-state index is -1.01. The normalized spacial score (nSPS) is 10.1. The molecule has 0 amide bonds. The molecule has 0 saturated carbocycles. The highest BCUT2D eigenvalue weighted by atomic mass is 19.1. The number of aliphatic carboxylic acids is 1. The van der Waals surface area contributed by atoms with Crippen molar-refractivity contribution in [1.29, 1.82) is 0 Å². The quantitative estimate of drug-likeness (QED) is 0.613. The van der Waals surface area contributed by atoms with Crippen LogP contribution in [0, 0.1) is 6.08 Å². The smallest absolute Gasteiger partial charge is 0.303 e. The van der Waals surface area contributed by atoms with Crippen molar-refractivity contribution < 1.29 is 19.4 Å². The molecule has 0 aliphatic heterocycles. The second-order valence-electron chi connectivity index (χ2n) is 2.22. The van der Waals surface area contributed by atoms with E-state index in [9.17, 15) is 9.18 Å². The number of nitrogens with one attached hydrogen (secondary N) is 1. The summed E-state index contributed by atoms with van der Waals surface area (Å²) in [6.07, 6.45) is -1.04.